The Morgan fingerprint density at radius 1 is 1.56 bits per heavy atom. The number of fused-ring (bicyclic) bond motifs is 1. The largest absolute Gasteiger partial charge is 0.380 e. The zero-order valence-electron chi connectivity index (χ0n) is 11.3. The van der Waals surface area contributed by atoms with Crippen LogP contribution in [0.3, 0.4) is 0 Å². The fourth-order valence-corrected chi connectivity index (χ4v) is 3.80. The van der Waals surface area contributed by atoms with E-state index < -0.39 is 0 Å². The lowest BCUT2D eigenvalue weighted by Crippen LogP contribution is -2.39. The number of hydrogen-bond donors (Lipinski definition) is 1. The summed E-state index contributed by atoms with van der Waals surface area (Å²) in [6, 6.07) is 3.00. The van der Waals surface area contributed by atoms with Crippen molar-refractivity contribution in [3.8, 4) is 0 Å². The van der Waals surface area contributed by atoms with Gasteiger partial charge in [-0.25, -0.2) is 0 Å². The maximum Gasteiger partial charge on any atom is 0.0934 e. The highest BCUT2D eigenvalue weighted by Gasteiger charge is 2.27. The molecule has 0 saturated heterocycles. The van der Waals surface area contributed by atoms with Crippen LogP contribution in [-0.2, 0) is 11.2 Å². The minimum Gasteiger partial charge on any atom is -0.380 e. The molecule has 4 heteroatoms. The summed E-state index contributed by atoms with van der Waals surface area (Å²) in [6.07, 6.45) is 2.34. The molecule has 18 heavy (non-hydrogen) atoms. The van der Waals surface area contributed by atoms with Crippen LogP contribution in [0.5, 0.6) is 0 Å². The topological polar surface area (TPSA) is 21.3 Å². The van der Waals surface area contributed by atoms with Gasteiger partial charge in [0.1, 0.15) is 0 Å². The Bertz CT molecular complexity index is 391. The van der Waals surface area contributed by atoms with Gasteiger partial charge in [-0.05, 0) is 37.3 Å². The van der Waals surface area contributed by atoms with Crippen LogP contribution in [0.1, 0.15) is 43.7 Å². The second-order valence-corrected chi connectivity index (χ2v) is 6.96. The van der Waals surface area contributed by atoms with Crippen LogP contribution in [0, 0.1) is 5.92 Å². The maximum absolute atomic E-state index is 6.09. The van der Waals surface area contributed by atoms with E-state index in [0.29, 0.717) is 18.0 Å². The van der Waals surface area contributed by atoms with Crippen LogP contribution in [0.2, 0.25) is 4.34 Å². The molecule has 102 valence electrons. The number of rotatable bonds is 6. The first-order chi connectivity index (χ1) is 8.61. The molecular weight excluding hydrogens is 266 g/mol. The molecule has 2 unspecified atom stereocenters. The van der Waals surface area contributed by atoms with Gasteiger partial charge in [-0.15, -0.1) is 11.3 Å². The van der Waals surface area contributed by atoms with E-state index in [4.69, 9.17) is 16.3 Å². The maximum atomic E-state index is 6.09. The normalized spacial score (nSPS) is 20.4. The van der Waals surface area contributed by atoms with Crippen molar-refractivity contribution in [1.29, 1.82) is 0 Å². The first-order valence-electron chi connectivity index (χ1n) is 6.73. The zero-order chi connectivity index (χ0) is 13.1. The number of hydrogen-bond acceptors (Lipinski definition) is 3. The van der Waals surface area contributed by atoms with Crippen molar-refractivity contribution < 1.29 is 4.74 Å². The molecule has 0 bridgehead atoms. The van der Waals surface area contributed by atoms with Crippen molar-refractivity contribution in [1.82, 2.24) is 5.32 Å². The van der Waals surface area contributed by atoms with Crippen LogP contribution in [0.25, 0.3) is 0 Å². The highest BCUT2D eigenvalue weighted by molar-refractivity contribution is 7.16. The standard InChI is InChI=1S/C14H22ClNOS/c1-4-17-8-12(9(2)3)16-11-5-6-13-10(11)7-14(15)18-13/h7,9,11-12,16H,4-6,8H2,1-3H3. The van der Waals surface area contributed by atoms with E-state index in [0.717, 1.165) is 24.0 Å². The number of aryl methyl sites for hydroxylation is 1. The lowest BCUT2D eigenvalue weighted by atomic mass is 10.0. The molecule has 1 aromatic rings. The molecule has 1 aromatic heterocycles. The molecule has 0 fully saturated rings. The molecule has 2 atom stereocenters. The summed E-state index contributed by atoms with van der Waals surface area (Å²) in [5.74, 6) is 0.578. The van der Waals surface area contributed by atoms with E-state index in [1.807, 2.05) is 6.92 Å². The van der Waals surface area contributed by atoms with Gasteiger partial charge in [-0.2, -0.15) is 0 Å². The van der Waals surface area contributed by atoms with Crippen molar-refractivity contribution in [3.63, 3.8) is 0 Å². The van der Waals surface area contributed by atoms with E-state index in [9.17, 15) is 0 Å². The number of ether oxygens (including phenoxy) is 1. The fraction of sp³-hybridized carbons (Fsp3) is 0.714. The number of thiophene rings is 1. The predicted molar refractivity (Wildman–Crippen MR) is 78.6 cm³/mol. The molecule has 0 saturated carbocycles. The minimum absolute atomic E-state index is 0.416. The summed E-state index contributed by atoms with van der Waals surface area (Å²) in [7, 11) is 0. The summed E-state index contributed by atoms with van der Waals surface area (Å²) in [5.41, 5.74) is 1.41. The molecule has 1 N–H and O–H groups in total. The summed E-state index contributed by atoms with van der Waals surface area (Å²) < 4.78 is 6.49. The van der Waals surface area contributed by atoms with Crippen LogP contribution in [0.15, 0.2) is 6.07 Å². The third-order valence-electron chi connectivity index (χ3n) is 3.57. The van der Waals surface area contributed by atoms with E-state index in [1.165, 1.54) is 16.9 Å². The van der Waals surface area contributed by atoms with Crippen LogP contribution >= 0.6 is 22.9 Å². The summed E-state index contributed by atoms with van der Waals surface area (Å²) in [6.45, 7) is 8.10. The van der Waals surface area contributed by atoms with E-state index >= 15 is 0 Å². The van der Waals surface area contributed by atoms with Crippen molar-refractivity contribution in [2.45, 2.75) is 45.7 Å². The van der Waals surface area contributed by atoms with Crippen molar-refractivity contribution in [2.24, 2.45) is 5.92 Å². The molecule has 2 nitrogen and oxygen atoms in total. The average Bonchev–Trinajstić information content (AvgIpc) is 2.84. The van der Waals surface area contributed by atoms with Gasteiger partial charge in [0.05, 0.1) is 10.9 Å². The van der Waals surface area contributed by atoms with Gasteiger partial charge in [0.2, 0.25) is 0 Å². The predicted octanol–water partition coefficient (Wildman–Crippen LogP) is 4.04. The third kappa shape index (κ3) is 3.27. The Kier molecular flexibility index (Phi) is 5.07. The molecule has 0 aromatic carbocycles. The summed E-state index contributed by atoms with van der Waals surface area (Å²) >= 11 is 7.82. The van der Waals surface area contributed by atoms with Crippen LogP contribution < -0.4 is 5.32 Å². The molecule has 0 radical (unpaired) electrons. The SMILES string of the molecule is CCOCC(NC1CCc2sc(Cl)cc21)C(C)C. The monoisotopic (exact) mass is 287 g/mol. The second-order valence-electron chi connectivity index (χ2n) is 5.20. The van der Waals surface area contributed by atoms with Gasteiger partial charge in [-0.1, -0.05) is 25.4 Å². The zero-order valence-corrected chi connectivity index (χ0v) is 12.9. The van der Waals surface area contributed by atoms with E-state index in [2.05, 4.69) is 25.2 Å². The molecule has 0 amide bonds. The van der Waals surface area contributed by atoms with Gasteiger partial charge >= 0.3 is 0 Å². The highest BCUT2D eigenvalue weighted by atomic mass is 35.5. The molecule has 1 aliphatic carbocycles. The Hall–Kier alpha value is -0.0900. The summed E-state index contributed by atoms with van der Waals surface area (Å²) in [4.78, 5) is 1.46. The smallest absolute Gasteiger partial charge is 0.0934 e. The number of halogens is 1. The van der Waals surface area contributed by atoms with Crippen molar-refractivity contribution in [3.05, 3.63) is 20.8 Å². The minimum atomic E-state index is 0.416. The highest BCUT2D eigenvalue weighted by Crippen LogP contribution is 2.39. The third-order valence-corrected chi connectivity index (χ3v) is 4.91. The molecule has 0 spiro atoms. The van der Waals surface area contributed by atoms with Gasteiger partial charge in [0.25, 0.3) is 0 Å². The molecule has 1 aliphatic rings. The average molecular weight is 288 g/mol. The van der Waals surface area contributed by atoms with Crippen molar-refractivity contribution in [2.75, 3.05) is 13.2 Å². The first kappa shape index (κ1) is 14.3. The number of nitrogens with one attached hydrogen (secondary N) is 1. The van der Waals surface area contributed by atoms with E-state index in [-0.39, 0.29) is 0 Å². The Balaban J connectivity index is 1.99. The molecule has 1 heterocycles. The lowest BCUT2D eigenvalue weighted by Gasteiger charge is -2.26. The van der Waals surface area contributed by atoms with Gasteiger partial charge in [-0.3, -0.25) is 0 Å². The Labute approximate surface area is 119 Å². The Morgan fingerprint density at radius 3 is 3.00 bits per heavy atom. The van der Waals surface area contributed by atoms with Gasteiger partial charge in [0.15, 0.2) is 0 Å². The first-order valence-corrected chi connectivity index (χ1v) is 7.93. The second kappa shape index (κ2) is 6.38. The van der Waals surface area contributed by atoms with Gasteiger partial charge in [0, 0.05) is 23.6 Å². The van der Waals surface area contributed by atoms with Gasteiger partial charge < -0.3 is 10.1 Å². The lowest BCUT2D eigenvalue weighted by molar-refractivity contribution is 0.103. The molecular formula is C14H22ClNOS. The van der Waals surface area contributed by atoms with E-state index in [1.54, 1.807) is 11.3 Å². The van der Waals surface area contributed by atoms with Crippen LogP contribution in [-0.4, -0.2) is 19.3 Å². The van der Waals surface area contributed by atoms with Crippen molar-refractivity contribution >= 4 is 22.9 Å². The van der Waals surface area contributed by atoms with Crippen LogP contribution in [0.4, 0.5) is 0 Å². The Morgan fingerprint density at radius 2 is 2.33 bits per heavy atom. The quantitative estimate of drug-likeness (QED) is 0.853. The molecule has 0 aliphatic heterocycles. The fourth-order valence-electron chi connectivity index (χ4n) is 2.44. The summed E-state index contributed by atoms with van der Waals surface area (Å²) in [5, 5.41) is 3.74. The molecule has 2 rings (SSSR count).